The van der Waals surface area contributed by atoms with Crippen LogP contribution >= 0.6 is 0 Å². The van der Waals surface area contributed by atoms with Crippen molar-refractivity contribution in [2.75, 3.05) is 12.8 Å². The second-order valence-electron chi connectivity index (χ2n) is 3.40. The van der Waals surface area contributed by atoms with E-state index in [1.54, 1.807) is 6.92 Å². The summed E-state index contributed by atoms with van der Waals surface area (Å²) < 4.78 is 5.09. The van der Waals surface area contributed by atoms with Gasteiger partial charge in [0, 0.05) is 17.7 Å². The molecule has 0 saturated heterocycles. The lowest BCUT2D eigenvalue weighted by Gasteiger charge is -2.09. The summed E-state index contributed by atoms with van der Waals surface area (Å²) in [6, 6.07) is 0. The predicted molar refractivity (Wildman–Crippen MR) is 58.3 cm³/mol. The van der Waals surface area contributed by atoms with Crippen molar-refractivity contribution in [1.29, 1.82) is 0 Å². The van der Waals surface area contributed by atoms with Gasteiger partial charge in [0.25, 0.3) is 0 Å². The maximum absolute atomic E-state index is 10.4. The van der Waals surface area contributed by atoms with E-state index in [9.17, 15) is 4.79 Å². The van der Waals surface area contributed by atoms with Gasteiger partial charge in [0.15, 0.2) is 0 Å². The van der Waals surface area contributed by atoms with Crippen molar-refractivity contribution in [3.8, 4) is 5.88 Å². The standard InChI is InChI=1S/C10H15N3O3/c1-6-7(4-3-5-8(14)15)9(16-2)13-10(11)12-6/h3-5H2,1-2H3,(H,14,15)(H2,11,12,13). The van der Waals surface area contributed by atoms with Gasteiger partial charge in [-0.1, -0.05) is 0 Å². The SMILES string of the molecule is COc1nc(N)nc(C)c1CCCC(=O)O. The van der Waals surface area contributed by atoms with E-state index in [1.807, 2.05) is 0 Å². The molecule has 0 radical (unpaired) electrons. The molecule has 1 aromatic rings. The van der Waals surface area contributed by atoms with E-state index in [2.05, 4.69) is 9.97 Å². The van der Waals surface area contributed by atoms with Gasteiger partial charge in [-0.3, -0.25) is 4.79 Å². The average Bonchev–Trinajstić information content (AvgIpc) is 2.20. The number of anilines is 1. The van der Waals surface area contributed by atoms with Crippen LogP contribution < -0.4 is 10.5 Å². The van der Waals surface area contributed by atoms with Crippen molar-refractivity contribution in [1.82, 2.24) is 9.97 Å². The number of hydrogen-bond acceptors (Lipinski definition) is 5. The Hall–Kier alpha value is -1.85. The van der Waals surface area contributed by atoms with Crippen molar-refractivity contribution in [2.24, 2.45) is 0 Å². The van der Waals surface area contributed by atoms with Gasteiger partial charge in [0.2, 0.25) is 11.8 Å². The van der Waals surface area contributed by atoms with E-state index >= 15 is 0 Å². The summed E-state index contributed by atoms with van der Waals surface area (Å²) in [6.45, 7) is 1.80. The highest BCUT2D eigenvalue weighted by Gasteiger charge is 2.11. The normalized spacial score (nSPS) is 10.1. The van der Waals surface area contributed by atoms with Crippen molar-refractivity contribution >= 4 is 11.9 Å². The van der Waals surface area contributed by atoms with Gasteiger partial charge in [0.1, 0.15) is 0 Å². The lowest BCUT2D eigenvalue weighted by molar-refractivity contribution is -0.137. The number of aryl methyl sites for hydroxylation is 1. The predicted octanol–water partition coefficient (Wildman–Crippen LogP) is 0.783. The third-order valence-corrected chi connectivity index (χ3v) is 2.20. The highest BCUT2D eigenvalue weighted by molar-refractivity contribution is 5.66. The number of hydrogen-bond donors (Lipinski definition) is 2. The number of carbonyl (C=O) groups is 1. The number of carboxylic acid groups (broad SMARTS) is 1. The molecule has 6 heteroatoms. The van der Waals surface area contributed by atoms with E-state index in [0.29, 0.717) is 18.7 Å². The number of nitrogens with two attached hydrogens (primary N) is 1. The van der Waals surface area contributed by atoms with Crippen LogP contribution in [0.2, 0.25) is 0 Å². The molecule has 0 aliphatic carbocycles. The Balaban J connectivity index is 2.81. The van der Waals surface area contributed by atoms with Crippen molar-refractivity contribution in [2.45, 2.75) is 26.2 Å². The molecule has 0 aromatic carbocycles. The minimum atomic E-state index is -0.812. The number of aromatic nitrogens is 2. The zero-order valence-electron chi connectivity index (χ0n) is 9.36. The van der Waals surface area contributed by atoms with Gasteiger partial charge in [-0.2, -0.15) is 4.98 Å². The van der Waals surface area contributed by atoms with E-state index in [1.165, 1.54) is 7.11 Å². The number of ether oxygens (including phenoxy) is 1. The van der Waals surface area contributed by atoms with Crippen LogP contribution in [0.1, 0.15) is 24.1 Å². The molecule has 0 atom stereocenters. The highest BCUT2D eigenvalue weighted by atomic mass is 16.5. The molecule has 1 heterocycles. The van der Waals surface area contributed by atoms with E-state index in [4.69, 9.17) is 15.6 Å². The molecule has 6 nitrogen and oxygen atoms in total. The van der Waals surface area contributed by atoms with Gasteiger partial charge in [-0.05, 0) is 19.8 Å². The molecule has 3 N–H and O–H groups in total. The Bertz CT molecular complexity index is 393. The number of nitrogens with zero attached hydrogens (tertiary/aromatic N) is 2. The first-order chi connectivity index (χ1) is 7.54. The van der Waals surface area contributed by atoms with Crippen molar-refractivity contribution in [3.63, 3.8) is 0 Å². The molecule has 1 rings (SSSR count). The van der Waals surface area contributed by atoms with Crippen LogP contribution in [0, 0.1) is 6.92 Å². The minimum absolute atomic E-state index is 0.118. The Labute approximate surface area is 93.5 Å². The minimum Gasteiger partial charge on any atom is -0.481 e. The Morgan fingerprint density at radius 2 is 2.19 bits per heavy atom. The molecule has 0 aliphatic rings. The third kappa shape index (κ3) is 3.08. The van der Waals surface area contributed by atoms with Crippen LogP contribution in [-0.2, 0) is 11.2 Å². The van der Waals surface area contributed by atoms with E-state index < -0.39 is 5.97 Å². The summed E-state index contributed by atoms with van der Waals surface area (Å²) in [5, 5.41) is 8.55. The number of methoxy groups -OCH3 is 1. The molecular weight excluding hydrogens is 210 g/mol. The molecule has 88 valence electrons. The van der Waals surface area contributed by atoms with Crippen LogP contribution in [-0.4, -0.2) is 28.2 Å². The molecule has 0 saturated carbocycles. The summed E-state index contributed by atoms with van der Waals surface area (Å²) in [5.74, 6) is -0.222. The quantitative estimate of drug-likeness (QED) is 0.768. The average molecular weight is 225 g/mol. The molecule has 0 amide bonds. The summed E-state index contributed by atoms with van der Waals surface area (Å²) in [7, 11) is 1.50. The second kappa shape index (κ2) is 5.29. The van der Waals surface area contributed by atoms with Gasteiger partial charge in [0.05, 0.1) is 7.11 Å². The summed E-state index contributed by atoms with van der Waals surface area (Å²) >= 11 is 0. The van der Waals surface area contributed by atoms with Crippen LogP contribution in [0.5, 0.6) is 5.88 Å². The topological polar surface area (TPSA) is 98.3 Å². The highest BCUT2D eigenvalue weighted by Crippen LogP contribution is 2.21. The first-order valence-corrected chi connectivity index (χ1v) is 4.93. The summed E-state index contributed by atoms with van der Waals surface area (Å²) in [6.07, 6.45) is 1.22. The Kier molecular flexibility index (Phi) is 4.04. The van der Waals surface area contributed by atoms with E-state index in [-0.39, 0.29) is 12.4 Å². The molecule has 0 spiro atoms. The number of carboxylic acids is 1. The number of rotatable bonds is 5. The molecule has 1 aromatic heterocycles. The first-order valence-electron chi connectivity index (χ1n) is 4.93. The maximum atomic E-state index is 10.4. The van der Waals surface area contributed by atoms with E-state index in [0.717, 1.165) is 11.3 Å². The molecule has 0 bridgehead atoms. The number of aliphatic carboxylic acids is 1. The fourth-order valence-electron chi connectivity index (χ4n) is 1.46. The number of nitrogen functional groups attached to an aromatic ring is 1. The first kappa shape index (κ1) is 12.2. The Morgan fingerprint density at radius 1 is 1.50 bits per heavy atom. The molecule has 0 unspecified atom stereocenters. The van der Waals surface area contributed by atoms with Crippen LogP contribution in [0.15, 0.2) is 0 Å². The van der Waals surface area contributed by atoms with Crippen molar-refractivity contribution in [3.05, 3.63) is 11.3 Å². The van der Waals surface area contributed by atoms with Crippen LogP contribution in [0.25, 0.3) is 0 Å². The maximum Gasteiger partial charge on any atom is 0.303 e. The monoisotopic (exact) mass is 225 g/mol. The van der Waals surface area contributed by atoms with Crippen LogP contribution in [0.4, 0.5) is 5.95 Å². The molecule has 16 heavy (non-hydrogen) atoms. The van der Waals surface area contributed by atoms with Crippen molar-refractivity contribution < 1.29 is 14.6 Å². The summed E-state index contributed by atoms with van der Waals surface area (Å²) in [5.41, 5.74) is 7.03. The van der Waals surface area contributed by atoms with Gasteiger partial charge in [-0.15, -0.1) is 0 Å². The van der Waals surface area contributed by atoms with Gasteiger partial charge >= 0.3 is 5.97 Å². The molecule has 0 aliphatic heterocycles. The fourth-order valence-corrected chi connectivity index (χ4v) is 1.46. The Morgan fingerprint density at radius 3 is 2.75 bits per heavy atom. The molecular formula is C10H15N3O3. The molecule has 0 fully saturated rings. The lowest BCUT2D eigenvalue weighted by atomic mass is 10.1. The van der Waals surface area contributed by atoms with Gasteiger partial charge < -0.3 is 15.6 Å². The van der Waals surface area contributed by atoms with Crippen LogP contribution in [0.3, 0.4) is 0 Å². The lowest BCUT2D eigenvalue weighted by Crippen LogP contribution is -2.06. The van der Waals surface area contributed by atoms with Gasteiger partial charge in [-0.25, -0.2) is 4.98 Å². The fraction of sp³-hybridized carbons (Fsp3) is 0.500. The third-order valence-electron chi connectivity index (χ3n) is 2.20. The largest absolute Gasteiger partial charge is 0.481 e. The zero-order chi connectivity index (χ0) is 12.1. The summed E-state index contributed by atoms with van der Waals surface area (Å²) in [4.78, 5) is 18.4. The second-order valence-corrected chi connectivity index (χ2v) is 3.40. The smallest absolute Gasteiger partial charge is 0.303 e. The zero-order valence-corrected chi connectivity index (χ0v) is 9.36.